The minimum atomic E-state index is -0.483. The van der Waals surface area contributed by atoms with Gasteiger partial charge in [-0.15, -0.1) is 0 Å². The van der Waals surface area contributed by atoms with Crippen LogP contribution in [-0.4, -0.2) is 29.2 Å². The second kappa shape index (κ2) is 4.86. The van der Waals surface area contributed by atoms with Gasteiger partial charge < -0.3 is 14.6 Å². The van der Waals surface area contributed by atoms with Crippen molar-refractivity contribution in [3.63, 3.8) is 0 Å². The Morgan fingerprint density at radius 2 is 1.94 bits per heavy atom. The smallest absolute Gasteiger partial charge is 0.164 e. The van der Waals surface area contributed by atoms with Crippen molar-refractivity contribution in [2.45, 2.75) is 65.0 Å². The Kier molecular flexibility index (Phi) is 4.16. The van der Waals surface area contributed by atoms with Crippen LogP contribution in [0.15, 0.2) is 11.6 Å². The van der Waals surface area contributed by atoms with Gasteiger partial charge in [-0.3, -0.25) is 0 Å². The largest absolute Gasteiger partial charge is 0.392 e. The Bertz CT molecular complexity index is 266. The number of allylic oxidation sites excluding steroid dienone is 1. The SMILES string of the molecule is CC(=CCO)CC[C@H]1OC(C)(C)OC1(C)C. The van der Waals surface area contributed by atoms with E-state index in [2.05, 4.69) is 13.8 Å². The van der Waals surface area contributed by atoms with E-state index in [4.69, 9.17) is 14.6 Å². The topological polar surface area (TPSA) is 38.7 Å². The van der Waals surface area contributed by atoms with Gasteiger partial charge in [-0.05, 0) is 47.5 Å². The summed E-state index contributed by atoms with van der Waals surface area (Å²) in [6.45, 7) is 10.2. The highest BCUT2D eigenvalue weighted by molar-refractivity contribution is 5.00. The van der Waals surface area contributed by atoms with E-state index in [1.54, 1.807) is 0 Å². The van der Waals surface area contributed by atoms with Crippen LogP contribution in [0.25, 0.3) is 0 Å². The molecule has 0 amide bonds. The summed E-state index contributed by atoms with van der Waals surface area (Å²) >= 11 is 0. The van der Waals surface area contributed by atoms with Crippen LogP contribution in [0.2, 0.25) is 0 Å². The zero-order chi connectivity index (χ0) is 12.4. The molecule has 0 aromatic rings. The van der Waals surface area contributed by atoms with Gasteiger partial charge >= 0.3 is 0 Å². The summed E-state index contributed by atoms with van der Waals surface area (Å²) in [5.41, 5.74) is 0.967. The highest BCUT2D eigenvalue weighted by atomic mass is 16.8. The van der Waals surface area contributed by atoms with Gasteiger partial charge in [0.15, 0.2) is 5.79 Å². The fraction of sp³-hybridized carbons (Fsp3) is 0.846. The van der Waals surface area contributed by atoms with E-state index in [0.29, 0.717) is 0 Å². The van der Waals surface area contributed by atoms with E-state index in [1.165, 1.54) is 5.57 Å². The maximum Gasteiger partial charge on any atom is 0.164 e. The molecule has 0 radical (unpaired) electrons. The van der Waals surface area contributed by atoms with Crippen molar-refractivity contribution in [2.24, 2.45) is 0 Å². The summed E-state index contributed by atoms with van der Waals surface area (Å²) in [6.07, 6.45) is 3.82. The Balaban J connectivity index is 2.52. The highest BCUT2D eigenvalue weighted by Crippen LogP contribution is 2.38. The number of rotatable bonds is 4. The molecule has 1 saturated heterocycles. The van der Waals surface area contributed by atoms with Crippen molar-refractivity contribution in [3.8, 4) is 0 Å². The van der Waals surface area contributed by atoms with Crippen LogP contribution < -0.4 is 0 Å². The lowest BCUT2D eigenvalue weighted by Gasteiger charge is -2.23. The van der Waals surface area contributed by atoms with Gasteiger partial charge in [0.1, 0.15) is 0 Å². The molecule has 94 valence electrons. The maximum atomic E-state index is 8.78. The van der Waals surface area contributed by atoms with Gasteiger partial charge in [-0.1, -0.05) is 11.6 Å². The molecule has 1 heterocycles. The second-order valence-electron chi connectivity index (χ2n) is 5.48. The summed E-state index contributed by atoms with van der Waals surface area (Å²) in [5.74, 6) is -0.483. The molecular weight excluding hydrogens is 204 g/mol. The first-order valence-corrected chi connectivity index (χ1v) is 5.91. The molecule has 0 unspecified atom stereocenters. The Labute approximate surface area is 98.4 Å². The number of ether oxygens (including phenoxy) is 2. The van der Waals surface area contributed by atoms with Crippen LogP contribution in [0.5, 0.6) is 0 Å². The standard InChI is InChI=1S/C13H24O3/c1-10(8-9-14)6-7-11-12(2,3)16-13(4,5)15-11/h8,11,14H,6-7,9H2,1-5H3/t11-/m1/s1. The molecule has 0 aliphatic carbocycles. The molecule has 1 rings (SSSR count). The minimum absolute atomic E-state index is 0.114. The number of hydrogen-bond acceptors (Lipinski definition) is 3. The van der Waals surface area contributed by atoms with E-state index in [9.17, 15) is 0 Å². The predicted molar refractivity (Wildman–Crippen MR) is 64.2 cm³/mol. The monoisotopic (exact) mass is 228 g/mol. The van der Waals surface area contributed by atoms with E-state index >= 15 is 0 Å². The number of aliphatic hydroxyl groups is 1. The van der Waals surface area contributed by atoms with E-state index in [-0.39, 0.29) is 18.3 Å². The fourth-order valence-corrected chi connectivity index (χ4v) is 2.23. The molecule has 0 bridgehead atoms. The summed E-state index contributed by atoms with van der Waals surface area (Å²) < 4.78 is 11.7. The van der Waals surface area contributed by atoms with Crippen LogP contribution >= 0.6 is 0 Å². The van der Waals surface area contributed by atoms with Gasteiger partial charge in [0, 0.05) is 0 Å². The summed E-state index contributed by atoms with van der Waals surface area (Å²) in [6, 6.07) is 0. The van der Waals surface area contributed by atoms with Crippen LogP contribution in [-0.2, 0) is 9.47 Å². The van der Waals surface area contributed by atoms with E-state index in [1.807, 2.05) is 26.8 Å². The van der Waals surface area contributed by atoms with E-state index < -0.39 is 5.79 Å². The summed E-state index contributed by atoms with van der Waals surface area (Å²) in [4.78, 5) is 0. The second-order valence-corrected chi connectivity index (χ2v) is 5.48. The third-order valence-electron chi connectivity index (χ3n) is 2.95. The Morgan fingerprint density at radius 1 is 1.31 bits per heavy atom. The van der Waals surface area contributed by atoms with Gasteiger partial charge in [-0.25, -0.2) is 0 Å². The van der Waals surface area contributed by atoms with Gasteiger partial charge in [0.05, 0.1) is 18.3 Å². The van der Waals surface area contributed by atoms with Crippen molar-refractivity contribution in [2.75, 3.05) is 6.61 Å². The van der Waals surface area contributed by atoms with Gasteiger partial charge in [-0.2, -0.15) is 0 Å². The van der Waals surface area contributed by atoms with Crippen LogP contribution in [0, 0.1) is 0 Å². The Hall–Kier alpha value is -0.380. The fourth-order valence-electron chi connectivity index (χ4n) is 2.23. The summed E-state index contributed by atoms with van der Waals surface area (Å²) in [5, 5.41) is 8.78. The van der Waals surface area contributed by atoms with Crippen LogP contribution in [0.3, 0.4) is 0 Å². The van der Waals surface area contributed by atoms with Crippen molar-refractivity contribution < 1.29 is 14.6 Å². The first-order chi connectivity index (χ1) is 7.27. The van der Waals surface area contributed by atoms with Crippen molar-refractivity contribution in [3.05, 3.63) is 11.6 Å². The summed E-state index contributed by atoms with van der Waals surface area (Å²) in [7, 11) is 0. The molecule has 1 atom stereocenters. The third kappa shape index (κ3) is 3.58. The molecule has 1 aliphatic rings. The minimum Gasteiger partial charge on any atom is -0.392 e. The average molecular weight is 228 g/mol. The first kappa shape index (κ1) is 13.7. The lowest BCUT2D eigenvalue weighted by Crippen LogP contribution is -2.33. The van der Waals surface area contributed by atoms with Gasteiger partial charge in [0.2, 0.25) is 0 Å². The molecular formula is C13H24O3. The molecule has 0 aromatic heterocycles. The van der Waals surface area contributed by atoms with E-state index in [0.717, 1.165) is 12.8 Å². The molecule has 0 aromatic carbocycles. The van der Waals surface area contributed by atoms with Crippen molar-refractivity contribution in [1.29, 1.82) is 0 Å². The first-order valence-electron chi connectivity index (χ1n) is 5.91. The van der Waals surface area contributed by atoms with Crippen molar-refractivity contribution in [1.82, 2.24) is 0 Å². The van der Waals surface area contributed by atoms with Crippen LogP contribution in [0.4, 0.5) is 0 Å². The normalized spacial score (nSPS) is 28.4. The molecule has 3 nitrogen and oxygen atoms in total. The van der Waals surface area contributed by atoms with Crippen molar-refractivity contribution >= 4 is 0 Å². The highest BCUT2D eigenvalue weighted by Gasteiger charge is 2.46. The van der Waals surface area contributed by atoms with Gasteiger partial charge in [0.25, 0.3) is 0 Å². The zero-order valence-electron chi connectivity index (χ0n) is 11.0. The lowest BCUT2D eigenvalue weighted by atomic mass is 9.96. The average Bonchev–Trinajstić information content (AvgIpc) is 2.31. The molecule has 1 aliphatic heterocycles. The Morgan fingerprint density at radius 3 is 2.38 bits per heavy atom. The molecule has 0 spiro atoms. The molecule has 3 heteroatoms. The quantitative estimate of drug-likeness (QED) is 0.752. The molecule has 0 saturated carbocycles. The van der Waals surface area contributed by atoms with Crippen LogP contribution in [0.1, 0.15) is 47.5 Å². The predicted octanol–water partition coefficient (Wildman–Crippen LogP) is 2.64. The number of hydrogen-bond donors (Lipinski definition) is 1. The maximum absolute atomic E-state index is 8.78. The molecule has 1 fully saturated rings. The third-order valence-corrected chi connectivity index (χ3v) is 2.95. The number of aliphatic hydroxyl groups excluding tert-OH is 1. The molecule has 16 heavy (non-hydrogen) atoms. The molecule has 1 N–H and O–H groups in total. The lowest BCUT2D eigenvalue weighted by molar-refractivity contribution is -0.157. The zero-order valence-corrected chi connectivity index (χ0v) is 11.0.